The van der Waals surface area contributed by atoms with Crippen molar-refractivity contribution in [1.29, 1.82) is 0 Å². The lowest BCUT2D eigenvalue weighted by atomic mass is 9.88. The van der Waals surface area contributed by atoms with E-state index in [9.17, 15) is 42.3 Å². The van der Waals surface area contributed by atoms with Gasteiger partial charge in [0.25, 0.3) is 0 Å². The van der Waals surface area contributed by atoms with Gasteiger partial charge in [-0.2, -0.15) is 23.5 Å². The zero-order valence-electron chi connectivity index (χ0n) is 54.9. The van der Waals surface area contributed by atoms with Gasteiger partial charge in [0.05, 0.1) is 38.4 Å². The van der Waals surface area contributed by atoms with Crippen LogP contribution in [0.1, 0.15) is 190 Å². The fraction of sp³-hybridized carbons (Fsp3) is 0.746. The molecule has 0 aromatic rings. The minimum Gasteiger partial charge on any atom is -0.498 e. The smallest absolute Gasteiger partial charge is 0.315 e. The van der Waals surface area contributed by atoms with E-state index in [2.05, 4.69) is 82.2 Å². The fourth-order valence-electron chi connectivity index (χ4n) is 11.4. The number of carbonyl (C=O) groups is 7. The lowest BCUT2D eigenvalue weighted by Crippen LogP contribution is -2.44. The van der Waals surface area contributed by atoms with Crippen LogP contribution >= 0.6 is 94.1 Å². The van der Waals surface area contributed by atoms with Crippen molar-refractivity contribution in [2.75, 3.05) is 84.2 Å². The van der Waals surface area contributed by atoms with E-state index in [4.69, 9.17) is 10.5 Å². The highest BCUT2D eigenvalue weighted by molar-refractivity contribution is 8.18. The van der Waals surface area contributed by atoms with Gasteiger partial charge in [0.1, 0.15) is 37.0 Å². The van der Waals surface area contributed by atoms with Gasteiger partial charge in [-0.15, -0.1) is 70.6 Å². The predicted molar refractivity (Wildman–Crippen MR) is 388 cm³/mol. The number of ketones is 4. The quantitative estimate of drug-likeness (QED) is 0.0701. The summed E-state index contributed by atoms with van der Waals surface area (Å²) in [6, 6.07) is -0.275. The van der Waals surface area contributed by atoms with E-state index in [-0.39, 0.29) is 60.5 Å². The van der Waals surface area contributed by atoms with E-state index in [1.165, 1.54) is 118 Å². The van der Waals surface area contributed by atoms with Gasteiger partial charge in [0, 0.05) is 61.9 Å². The van der Waals surface area contributed by atoms with Gasteiger partial charge in [0.2, 0.25) is 0 Å². The average Bonchev–Trinajstić information content (AvgIpc) is 2.30. The Morgan fingerprint density at radius 1 is 0.522 bits per heavy atom. The molecule has 13 nitrogen and oxygen atoms in total. The van der Waals surface area contributed by atoms with Crippen LogP contribution in [0.2, 0.25) is 0 Å². The van der Waals surface area contributed by atoms with Crippen LogP contribution in [0.3, 0.4) is 0 Å². The average molecular weight is 1410 g/mol. The first-order valence-electron chi connectivity index (χ1n) is 32.9. The Hall–Kier alpha value is -1.99. The Bertz CT molecular complexity index is 2410. The Morgan fingerprint density at radius 2 is 0.944 bits per heavy atom. The molecule has 510 valence electrons. The highest BCUT2D eigenvalue weighted by Crippen LogP contribution is 2.44. The molecule has 10 aliphatic rings. The van der Waals surface area contributed by atoms with Crippen molar-refractivity contribution in [3.63, 3.8) is 0 Å². The molecule has 3 unspecified atom stereocenters. The number of Topliss-reactive ketones (excluding diaryl/α,β-unsaturated/α-hetero) is 4. The van der Waals surface area contributed by atoms with Crippen molar-refractivity contribution in [2.45, 2.75) is 222 Å². The molecule has 4 heterocycles. The van der Waals surface area contributed by atoms with Crippen molar-refractivity contribution in [3.8, 4) is 0 Å². The zero-order valence-corrected chi connectivity index (χ0v) is 61.5. The summed E-state index contributed by atoms with van der Waals surface area (Å²) in [6.07, 6.45) is 23.4. The standard InChI is InChI=1S/C14H23FN2OS2.C11H17FN2O2.C11H19NS2.C11H16OS2.C9H14O2.C7H10O2.C4H8S2/c1-10-11(13-19-8-3-9-20-13)4-2-5-12(10)17-14(18)16-7-6-15;1-8-9(7-15)3-2-4-10(8)14-11(16)13-6-5-12;2*1-8-9(4-2-5-10(8)12)11-13-6-3-7-14-11;1-3-11-9-6-4-5-8(10)7(9)2;1-5-6(8)3-2-4-7(5)9;1-2-5-4-6-3-1/h12-13H,2-9H2,1H3,(H2,16,17,18);7,10H,2-6H2,1H3,(H2,13,14,16);10-11H,2-7,12H2,1H3;11H,2-7H2,1H3;3-6H2,1-2H3;5H,2-4H2,1H3;1-4H2. The molecule has 5 fully saturated rings. The molecule has 3 atom stereocenters. The summed E-state index contributed by atoms with van der Waals surface area (Å²) >= 11 is 16.5. The fourth-order valence-corrected chi connectivity index (χ4v) is 23.3. The van der Waals surface area contributed by atoms with Gasteiger partial charge >= 0.3 is 12.1 Å². The number of thioether (sulfide) groups is 8. The maximum absolute atomic E-state index is 12.1. The summed E-state index contributed by atoms with van der Waals surface area (Å²) < 4.78 is 31.1. The van der Waals surface area contributed by atoms with Gasteiger partial charge in [-0.25, -0.2) is 18.4 Å². The van der Waals surface area contributed by atoms with Crippen LogP contribution in [0, 0.1) is 5.92 Å². The number of amides is 4. The SMILES string of the molecule is C1CSCSC1.CC1=C(C2SCCCS2)CCCC1=O.CC1=C(C2SCCCS2)CCCC1N.CC1=C(C2SCCCS2)CCCC1NC(=O)NCCF.CC1=C(C=O)CCCC1NC(=O)NCCF.CC1C(=O)CCCC1=O.CCOC1=C(C)C(=O)CCC1. The van der Waals surface area contributed by atoms with Crippen LogP contribution in [0.25, 0.3) is 0 Å². The highest BCUT2D eigenvalue weighted by atomic mass is 32.2. The summed E-state index contributed by atoms with van der Waals surface area (Å²) in [7, 11) is 0. The third kappa shape index (κ3) is 29.6. The molecule has 6 aliphatic carbocycles. The molecule has 0 aromatic carbocycles. The highest BCUT2D eigenvalue weighted by Gasteiger charge is 2.30. The van der Waals surface area contributed by atoms with Crippen LogP contribution < -0.4 is 27.0 Å². The van der Waals surface area contributed by atoms with Crippen molar-refractivity contribution < 1.29 is 47.1 Å². The summed E-state index contributed by atoms with van der Waals surface area (Å²) in [4.78, 5) is 78.0. The summed E-state index contributed by atoms with van der Waals surface area (Å²) in [5.41, 5.74) is 17.1. The number of halogens is 2. The van der Waals surface area contributed by atoms with E-state index < -0.39 is 13.3 Å². The van der Waals surface area contributed by atoms with E-state index in [1.807, 2.05) is 74.7 Å². The third-order valence-electron chi connectivity index (χ3n) is 17.1. The van der Waals surface area contributed by atoms with E-state index in [0.29, 0.717) is 46.9 Å². The Labute approximate surface area is 572 Å². The number of hydrogen-bond acceptors (Lipinski definition) is 17. The maximum atomic E-state index is 12.1. The molecule has 4 saturated heterocycles. The minimum atomic E-state index is -0.577. The summed E-state index contributed by atoms with van der Waals surface area (Å²) in [5.74, 6) is 11.9. The second-order valence-corrected chi connectivity index (χ2v) is 34.3. The van der Waals surface area contributed by atoms with E-state index >= 15 is 0 Å². The van der Waals surface area contributed by atoms with Crippen molar-refractivity contribution in [2.24, 2.45) is 11.7 Å². The van der Waals surface area contributed by atoms with Crippen molar-refractivity contribution in [1.82, 2.24) is 21.3 Å². The Kier molecular flexibility index (Phi) is 42.0. The van der Waals surface area contributed by atoms with Gasteiger partial charge < -0.3 is 31.7 Å². The lowest BCUT2D eigenvalue weighted by Gasteiger charge is -2.32. The molecule has 4 aliphatic heterocycles. The lowest BCUT2D eigenvalue weighted by molar-refractivity contribution is -0.134. The molecule has 90 heavy (non-hydrogen) atoms. The number of carbonyl (C=O) groups excluding carboxylic acids is 7. The zero-order chi connectivity index (χ0) is 65.6. The molecular formula is C67H107F2N5O8S8. The Morgan fingerprint density at radius 3 is 1.40 bits per heavy atom. The van der Waals surface area contributed by atoms with Crippen LogP contribution in [0.4, 0.5) is 18.4 Å². The largest absolute Gasteiger partial charge is 0.498 e. The second-order valence-electron chi connectivity index (χ2n) is 23.6. The predicted octanol–water partition coefficient (Wildman–Crippen LogP) is 15.7. The molecular weight excluding hydrogens is 1300 g/mol. The number of aldehydes is 1. The number of rotatable bonds is 12. The number of alkyl halides is 2. The first-order valence-corrected chi connectivity index (χ1v) is 41.5. The summed E-state index contributed by atoms with van der Waals surface area (Å²) in [5, 5.41) is 12.0. The van der Waals surface area contributed by atoms with Crippen LogP contribution in [-0.4, -0.2) is 158 Å². The topological polar surface area (TPSA) is 203 Å². The van der Waals surface area contributed by atoms with Crippen LogP contribution in [0.5, 0.6) is 0 Å². The van der Waals surface area contributed by atoms with Crippen LogP contribution in [0.15, 0.2) is 55.9 Å². The van der Waals surface area contributed by atoms with Crippen LogP contribution in [-0.2, 0) is 28.7 Å². The number of ether oxygens (including phenoxy) is 1. The van der Waals surface area contributed by atoms with Gasteiger partial charge in [-0.05, 0) is 243 Å². The molecule has 0 bridgehead atoms. The van der Waals surface area contributed by atoms with E-state index in [1.54, 1.807) is 12.5 Å². The van der Waals surface area contributed by atoms with Crippen molar-refractivity contribution in [3.05, 3.63) is 55.9 Å². The number of urea groups is 2. The van der Waals surface area contributed by atoms with Gasteiger partial charge in [-0.1, -0.05) is 5.57 Å². The molecule has 0 aromatic heterocycles. The maximum Gasteiger partial charge on any atom is 0.315 e. The normalized spacial score (nSPS) is 24.1. The van der Waals surface area contributed by atoms with Gasteiger partial charge in [-0.3, -0.25) is 24.0 Å². The summed E-state index contributed by atoms with van der Waals surface area (Å²) in [6.45, 7) is 13.4. The number of nitrogens with one attached hydrogen (secondary N) is 4. The molecule has 0 spiro atoms. The molecule has 10 rings (SSSR count). The number of nitrogens with two attached hydrogens (primary N) is 1. The molecule has 23 heteroatoms. The molecule has 4 amide bonds. The first kappa shape index (κ1) is 80.4. The molecule has 0 radical (unpaired) electrons. The molecule has 6 N–H and O–H groups in total. The molecule has 1 saturated carbocycles. The number of allylic oxidation sites excluding steroid dienone is 4. The minimum absolute atomic E-state index is 0.0157. The monoisotopic (exact) mass is 1400 g/mol. The first-order chi connectivity index (χ1) is 43.4. The second kappa shape index (κ2) is 47.0. The number of hydrogen-bond donors (Lipinski definition) is 5. The van der Waals surface area contributed by atoms with E-state index in [0.717, 1.165) is 116 Å². The Balaban J connectivity index is 0.000000229. The van der Waals surface area contributed by atoms with Gasteiger partial charge in [0.15, 0.2) is 11.6 Å². The third-order valence-corrected chi connectivity index (χ3v) is 28.7. The van der Waals surface area contributed by atoms with Crippen molar-refractivity contribution >= 4 is 136 Å².